The molecule has 1 atom stereocenters. The fourth-order valence-corrected chi connectivity index (χ4v) is 5.11. The number of benzene rings is 1. The van der Waals surface area contributed by atoms with Crippen molar-refractivity contribution in [3.05, 3.63) is 80.7 Å². The normalized spacial score (nSPS) is 12.6. The van der Waals surface area contributed by atoms with Crippen LogP contribution >= 0.6 is 11.6 Å². The number of halogens is 1. The molecule has 0 aliphatic carbocycles. The van der Waals surface area contributed by atoms with Crippen LogP contribution in [0.5, 0.6) is 0 Å². The van der Waals surface area contributed by atoms with Crippen molar-refractivity contribution in [3.8, 4) is 11.4 Å². The number of carbonyl (C=O) groups is 1. The molecule has 0 spiro atoms. The number of anilines is 1. The van der Waals surface area contributed by atoms with Gasteiger partial charge in [-0.2, -0.15) is 5.10 Å². The van der Waals surface area contributed by atoms with E-state index in [1.54, 1.807) is 30.8 Å². The summed E-state index contributed by atoms with van der Waals surface area (Å²) in [6, 6.07) is 9.85. The van der Waals surface area contributed by atoms with E-state index in [2.05, 4.69) is 20.4 Å². The molecular weight excluding hydrogens is 556 g/mol. The van der Waals surface area contributed by atoms with Gasteiger partial charge in [0, 0.05) is 24.4 Å². The molecule has 40 heavy (non-hydrogen) atoms. The first-order valence-electron chi connectivity index (χ1n) is 12.1. The minimum atomic E-state index is -3.84. The molecule has 0 radical (unpaired) electrons. The van der Waals surface area contributed by atoms with E-state index in [0.29, 0.717) is 39.3 Å². The van der Waals surface area contributed by atoms with Gasteiger partial charge in [0.1, 0.15) is 16.8 Å². The molecule has 0 saturated heterocycles. The zero-order chi connectivity index (χ0) is 28.9. The van der Waals surface area contributed by atoms with E-state index >= 15 is 0 Å². The first-order valence-corrected chi connectivity index (χ1v) is 14.4. The van der Waals surface area contributed by atoms with Gasteiger partial charge in [-0.15, -0.1) is 0 Å². The van der Waals surface area contributed by atoms with Crippen LogP contribution in [-0.2, 0) is 17.1 Å². The Balaban J connectivity index is 1.62. The number of rotatable bonds is 6. The minimum absolute atomic E-state index is 0.0208. The zero-order valence-corrected chi connectivity index (χ0v) is 23.8. The molecule has 0 bridgehead atoms. The van der Waals surface area contributed by atoms with Crippen molar-refractivity contribution in [2.45, 2.75) is 26.8 Å². The maximum absolute atomic E-state index is 13.5. The lowest BCUT2D eigenvalue weighted by Gasteiger charge is -2.20. The van der Waals surface area contributed by atoms with Crippen LogP contribution in [0, 0.1) is 13.8 Å². The van der Waals surface area contributed by atoms with Crippen LogP contribution in [0.2, 0.25) is 5.15 Å². The standard InChI is InChI=1S/C26H25ClN8O4S/c1-13-10-17(14(2)28-19-6-7-20(27)30-23(19)25(36)33-40(5,38)39)22-18(11-13)26(37)34(4)24(31-22)16-8-9-35-21(12-16)29-15(3)32-35/h6-12,14,28H,1-5H3,(H,33,36)/t14-/m1/s1. The minimum Gasteiger partial charge on any atom is -0.377 e. The van der Waals surface area contributed by atoms with Gasteiger partial charge < -0.3 is 5.32 Å². The number of hydrogen-bond acceptors (Lipinski definition) is 9. The van der Waals surface area contributed by atoms with E-state index in [-0.39, 0.29) is 22.1 Å². The molecule has 14 heteroatoms. The number of fused-ring (bicyclic) bond motifs is 2. The number of pyridine rings is 2. The van der Waals surface area contributed by atoms with Crippen LogP contribution in [-0.4, -0.2) is 49.7 Å². The van der Waals surface area contributed by atoms with Crippen LogP contribution in [0.1, 0.15) is 40.4 Å². The summed E-state index contributed by atoms with van der Waals surface area (Å²) in [5.41, 5.74) is 3.16. The summed E-state index contributed by atoms with van der Waals surface area (Å²) < 4.78 is 28.4. The number of amides is 1. The van der Waals surface area contributed by atoms with Crippen LogP contribution in [0.25, 0.3) is 27.9 Å². The van der Waals surface area contributed by atoms with Gasteiger partial charge in [0.15, 0.2) is 11.3 Å². The predicted molar refractivity (Wildman–Crippen MR) is 152 cm³/mol. The van der Waals surface area contributed by atoms with Crippen LogP contribution in [0.15, 0.2) is 47.4 Å². The lowest BCUT2D eigenvalue weighted by Crippen LogP contribution is -2.31. The summed E-state index contributed by atoms with van der Waals surface area (Å²) in [6.45, 7) is 5.51. The highest BCUT2D eigenvalue weighted by Crippen LogP contribution is 2.29. The SMILES string of the molecule is Cc1cc([C@@H](C)Nc2ccc(Cl)nc2C(=O)NS(C)(=O)=O)c2nc(-c3ccn4nc(C)nc4c3)n(C)c(=O)c2c1. The van der Waals surface area contributed by atoms with Gasteiger partial charge >= 0.3 is 0 Å². The smallest absolute Gasteiger partial charge is 0.285 e. The Labute approximate surface area is 234 Å². The quantitative estimate of drug-likeness (QED) is 0.288. The number of aromatic nitrogens is 6. The van der Waals surface area contributed by atoms with Crippen molar-refractivity contribution < 1.29 is 13.2 Å². The fraction of sp³-hybridized carbons (Fsp3) is 0.231. The Hall–Kier alpha value is -4.36. The summed E-state index contributed by atoms with van der Waals surface area (Å²) in [5.74, 6) is 0.137. The van der Waals surface area contributed by atoms with Gasteiger partial charge in [-0.25, -0.2) is 32.6 Å². The monoisotopic (exact) mass is 580 g/mol. The second-order valence-electron chi connectivity index (χ2n) is 9.53. The summed E-state index contributed by atoms with van der Waals surface area (Å²) in [5, 5.41) is 7.97. The second kappa shape index (κ2) is 9.99. The number of hydrogen-bond donors (Lipinski definition) is 2. The van der Waals surface area contributed by atoms with Crippen molar-refractivity contribution in [1.29, 1.82) is 0 Å². The van der Waals surface area contributed by atoms with Crippen molar-refractivity contribution in [1.82, 2.24) is 33.9 Å². The fourth-order valence-electron chi connectivity index (χ4n) is 4.53. The molecule has 0 aliphatic heterocycles. The first-order chi connectivity index (χ1) is 18.8. The largest absolute Gasteiger partial charge is 0.377 e. The summed E-state index contributed by atoms with van der Waals surface area (Å²) in [4.78, 5) is 39.6. The van der Waals surface area contributed by atoms with Gasteiger partial charge in [0.25, 0.3) is 11.5 Å². The van der Waals surface area contributed by atoms with Crippen LogP contribution < -0.4 is 15.6 Å². The van der Waals surface area contributed by atoms with E-state index < -0.39 is 22.0 Å². The second-order valence-corrected chi connectivity index (χ2v) is 11.7. The lowest BCUT2D eigenvalue weighted by atomic mass is 10.0. The van der Waals surface area contributed by atoms with E-state index in [4.69, 9.17) is 16.6 Å². The van der Waals surface area contributed by atoms with E-state index in [1.807, 2.05) is 36.8 Å². The molecule has 0 aliphatic rings. The highest BCUT2D eigenvalue weighted by Gasteiger charge is 2.22. The third-order valence-electron chi connectivity index (χ3n) is 6.25. The summed E-state index contributed by atoms with van der Waals surface area (Å²) >= 11 is 6.00. The average Bonchev–Trinajstić information content (AvgIpc) is 3.25. The first kappa shape index (κ1) is 27.2. The Kier molecular flexibility index (Phi) is 6.80. The molecule has 4 heterocycles. The van der Waals surface area contributed by atoms with Crippen molar-refractivity contribution >= 4 is 49.8 Å². The third-order valence-corrected chi connectivity index (χ3v) is 7.02. The molecule has 1 amide bonds. The van der Waals surface area contributed by atoms with Crippen molar-refractivity contribution in [2.24, 2.45) is 7.05 Å². The summed E-state index contributed by atoms with van der Waals surface area (Å²) in [7, 11) is -2.17. The molecule has 5 aromatic rings. The molecule has 0 saturated carbocycles. The van der Waals surface area contributed by atoms with Gasteiger partial charge in [0.05, 0.1) is 28.9 Å². The molecule has 206 valence electrons. The maximum atomic E-state index is 13.5. The van der Waals surface area contributed by atoms with Gasteiger partial charge in [-0.05, 0) is 56.7 Å². The van der Waals surface area contributed by atoms with E-state index in [0.717, 1.165) is 11.8 Å². The van der Waals surface area contributed by atoms with E-state index in [1.165, 1.54) is 16.7 Å². The zero-order valence-electron chi connectivity index (χ0n) is 22.2. The van der Waals surface area contributed by atoms with Crippen LogP contribution in [0.4, 0.5) is 5.69 Å². The third kappa shape index (κ3) is 5.25. The number of nitrogens with one attached hydrogen (secondary N) is 2. The maximum Gasteiger partial charge on any atom is 0.285 e. The predicted octanol–water partition coefficient (Wildman–Crippen LogP) is 3.17. The van der Waals surface area contributed by atoms with Gasteiger partial charge in [-0.1, -0.05) is 17.7 Å². The Morgan fingerprint density at radius 1 is 1.07 bits per heavy atom. The molecule has 1 aromatic carbocycles. The molecule has 12 nitrogen and oxygen atoms in total. The highest BCUT2D eigenvalue weighted by molar-refractivity contribution is 7.89. The molecule has 5 rings (SSSR count). The number of carbonyl (C=O) groups excluding carboxylic acids is 1. The van der Waals surface area contributed by atoms with E-state index in [9.17, 15) is 18.0 Å². The summed E-state index contributed by atoms with van der Waals surface area (Å²) in [6.07, 6.45) is 2.63. The average molecular weight is 581 g/mol. The Morgan fingerprint density at radius 3 is 2.55 bits per heavy atom. The molecule has 0 fully saturated rings. The van der Waals surface area contributed by atoms with Crippen LogP contribution in [0.3, 0.4) is 0 Å². The topological polar surface area (TPSA) is 153 Å². The highest BCUT2D eigenvalue weighted by atomic mass is 35.5. The number of sulfonamides is 1. The van der Waals surface area contributed by atoms with Crippen molar-refractivity contribution in [2.75, 3.05) is 11.6 Å². The Morgan fingerprint density at radius 2 is 1.82 bits per heavy atom. The van der Waals surface area contributed by atoms with Gasteiger partial charge in [0.2, 0.25) is 10.0 Å². The molecule has 0 unspecified atom stereocenters. The van der Waals surface area contributed by atoms with Crippen molar-refractivity contribution in [3.63, 3.8) is 0 Å². The number of nitrogens with zero attached hydrogens (tertiary/aromatic N) is 6. The lowest BCUT2D eigenvalue weighted by molar-refractivity contribution is 0.0977. The molecule has 4 aromatic heterocycles. The van der Waals surface area contributed by atoms with Gasteiger partial charge in [-0.3, -0.25) is 14.2 Å². The Bertz CT molecular complexity index is 2000. The number of aryl methyl sites for hydroxylation is 2. The molecular formula is C26H25ClN8O4S. The molecule has 2 N–H and O–H groups in total.